The van der Waals surface area contributed by atoms with Crippen LogP contribution in [0, 0.1) is 5.92 Å². The predicted octanol–water partition coefficient (Wildman–Crippen LogP) is 6.28. The smallest absolute Gasteiger partial charge is 0.343 e. The largest absolute Gasteiger partial charge is 0.494 e. The average molecular weight is 619 g/mol. The molecule has 3 aromatic carbocycles. The topological polar surface area (TPSA) is 140 Å². The van der Waals surface area contributed by atoms with Crippen molar-refractivity contribution >= 4 is 29.4 Å². The minimum Gasteiger partial charge on any atom is -0.494 e. The third-order valence-corrected chi connectivity index (χ3v) is 7.00. The zero-order valence-electron chi connectivity index (χ0n) is 26.3. The minimum absolute atomic E-state index is 0.0600. The van der Waals surface area contributed by atoms with E-state index in [4.69, 9.17) is 14.2 Å². The van der Waals surface area contributed by atoms with E-state index in [0.29, 0.717) is 29.2 Å². The van der Waals surface area contributed by atoms with Gasteiger partial charge in [-0.25, -0.2) is 9.59 Å². The zero-order valence-corrected chi connectivity index (χ0v) is 26.3. The van der Waals surface area contributed by atoms with Crippen LogP contribution >= 0.6 is 0 Å². The number of carboxylic acids is 1. The molecule has 3 aromatic rings. The highest BCUT2D eigenvalue weighted by Gasteiger charge is 2.23. The standard InChI is InChI=1S/C35H42N2O8/c1-5-6-7-8-9-19-44-28-16-14-25(15-17-28)35(42)45-30-18-13-24(21-31(30)43-4)20-29(34(40)41)37-33(39)26-11-10-12-27(22-26)36-32(38)23(2)3/h10-18,21-23,29H,5-9,19-20H2,1-4H3,(H,36,38)(H,37,39)(H,40,41). The molecule has 10 nitrogen and oxygen atoms in total. The van der Waals surface area contributed by atoms with Gasteiger partial charge in [0.15, 0.2) is 11.5 Å². The first-order valence-electron chi connectivity index (χ1n) is 15.2. The van der Waals surface area contributed by atoms with Crippen LogP contribution in [0.3, 0.4) is 0 Å². The van der Waals surface area contributed by atoms with Crippen molar-refractivity contribution in [2.75, 3.05) is 19.0 Å². The monoisotopic (exact) mass is 618 g/mol. The summed E-state index contributed by atoms with van der Waals surface area (Å²) in [6.07, 6.45) is 5.66. The van der Waals surface area contributed by atoms with Gasteiger partial charge < -0.3 is 30.0 Å². The fourth-order valence-corrected chi connectivity index (χ4v) is 4.37. The lowest BCUT2D eigenvalue weighted by molar-refractivity contribution is -0.139. The molecule has 1 unspecified atom stereocenters. The molecule has 1 atom stereocenters. The van der Waals surface area contributed by atoms with Crippen molar-refractivity contribution in [1.29, 1.82) is 0 Å². The van der Waals surface area contributed by atoms with Gasteiger partial charge in [-0.2, -0.15) is 0 Å². The number of benzene rings is 3. The maximum atomic E-state index is 12.9. The molecule has 0 saturated carbocycles. The Morgan fingerprint density at radius 1 is 0.844 bits per heavy atom. The average Bonchev–Trinajstić information content (AvgIpc) is 3.03. The predicted molar refractivity (Wildman–Crippen MR) is 171 cm³/mol. The van der Waals surface area contributed by atoms with Crippen LogP contribution in [-0.4, -0.2) is 48.6 Å². The summed E-state index contributed by atoms with van der Waals surface area (Å²) in [4.78, 5) is 49.8. The normalized spacial score (nSPS) is 11.4. The molecule has 45 heavy (non-hydrogen) atoms. The van der Waals surface area contributed by atoms with Gasteiger partial charge in [-0.05, 0) is 66.6 Å². The molecule has 10 heteroatoms. The molecule has 0 bridgehead atoms. The molecule has 0 aliphatic carbocycles. The molecule has 0 aliphatic heterocycles. The molecular weight excluding hydrogens is 576 g/mol. The van der Waals surface area contributed by atoms with Crippen LogP contribution in [-0.2, 0) is 16.0 Å². The van der Waals surface area contributed by atoms with Gasteiger partial charge in [-0.1, -0.05) is 58.6 Å². The number of methoxy groups -OCH3 is 1. The minimum atomic E-state index is -1.26. The summed E-state index contributed by atoms with van der Waals surface area (Å²) in [7, 11) is 1.41. The summed E-state index contributed by atoms with van der Waals surface area (Å²) in [6, 6.07) is 16.4. The van der Waals surface area contributed by atoms with Gasteiger partial charge >= 0.3 is 11.9 Å². The second-order valence-corrected chi connectivity index (χ2v) is 11.0. The number of carbonyl (C=O) groups is 4. The van der Waals surface area contributed by atoms with E-state index in [1.807, 2.05) is 0 Å². The lowest BCUT2D eigenvalue weighted by atomic mass is 10.0. The second kappa shape index (κ2) is 17.4. The summed E-state index contributed by atoms with van der Waals surface area (Å²) < 4.78 is 16.7. The van der Waals surface area contributed by atoms with E-state index in [0.717, 1.165) is 12.8 Å². The Kier molecular flexibility index (Phi) is 13.4. The Morgan fingerprint density at radius 2 is 1.58 bits per heavy atom. The van der Waals surface area contributed by atoms with E-state index < -0.39 is 23.9 Å². The van der Waals surface area contributed by atoms with E-state index in [1.165, 1.54) is 44.6 Å². The number of carboxylic acid groups (broad SMARTS) is 1. The van der Waals surface area contributed by atoms with Crippen molar-refractivity contribution in [3.8, 4) is 17.2 Å². The maximum absolute atomic E-state index is 12.9. The van der Waals surface area contributed by atoms with Crippen LogP contribution < -0.4 is 24.8 Å². The van der Waals surface area contributed by atoms with E-state index in [1.54, 1.807) is 62.4 Å². The van der Waals surface area contributed by atoms with Crippen LogP contribution in [0.4, 0.5) is 5.69 Å². The molecule has 0 heterocycles. The lowest BCUT2D eigenvalue weighted by Crippen LogP contribution is -2.42. The number of nitrogens with one attached hydrogen (secondary N) is 2. The molecule has 0 fully saturated rings. The summed E-state index contributed by atoms with van der Waals surface area (Å²) >= 11 is 0. The van der Waals surface area contributed by atoms with Gasteiger partial charge in [-0.15, -0.1) is 0 Å². The molecule has 0 spiro atoms. The van der Waals surface area contributed by atoms with Crippen molar-refractivity contribution in [2.45, 2.75) is 65.3 Å². The van der Waals surface area contributed by atoms with Crippen molar-refractivity contribution in [1.82, 2.24) is 5.32 Å². The van der Waals surface area contributed by atoms with Crippen molar-refractivity contribution in [3.63, 3.8) is 0 Å². The summed E-state index contributed by atoms with van der Waals surface area (Å²) in [5.74, 6) is -1.81. The summed E-state index contributed by atoms with van der Waals surface area (Å²) in [6.45, 7) is 6.30. The molecule has 3 N–H and O–H groups in total. The third kappa shape index (κ3) is 11.0. The van der Waals surface area contributed by atoms with Gasteiger partial charge in [0.05, 0.1) is 19.3 Å². The number of carbonyl (C=O) groups excluding carboxylic acids is 3. The fraction of sp³-hybridized carbons (Fsp3) is 0.371. The van der Waals surface area contributed by atoms with Gasteiger partial charge in [-0.3, -0.25) is 9.59 Å². The van der Waals surface area contributed by atoms with Crippen molar-refractivity contribution in [3.05, 3.63) is 83.4 Å². The van der Waals surface area contributed by atoms with Crippen LogP contribution in [0.15, 0.2) is 66.7 Å². The first-order chi connectivity index (χ1) is 21.6. The Balaban J connectivity index is 1.61. The Bertz CT molecular complexity index is 1450. The van der Waals surface area contributed by atoms with Gasteiger partial charge in [0.25, 0.3) is 5.91 Å². The van der Waals surface area contributed by atoms with Crippen molar-refractivity contribution < 1.29 is 38.5 Å². The number of esters is 1. The summed E-state index contributed by atoms with van der Waals surface area (Å²) in [5.41, 5.74) is 1.50. The lowest BCUT2D eigenvalue weighted by Gasteiger charge is -2.17. The first kappa shape index (κ1) is 34.6. The Hall–Kier alpha value is -4.86. The zero-order chi connectivity index (χ0) is 32.8. The number of amides is 2. The van der Waals surface area contributed by atoms with Crippen LogP contribution in [0.25, 0.3) is 0 Å². The fourth-order valence-electron chi connectivity index (χ4n) is 4.37. The van der Waals surface area contributed by atoms with E-state index in [9.17, 15) is 24.3 Å². The molecule has 240 valence electrons. The van der Waals surface area contributed by atoms with Crippen molar-refractivity contribution in [2.24, 2.45) is 5.92 Å². The Morgan fingerprint density at radius 3 is 2.24 bits per heavy atom. The van der Waals surface area contributed by atoms with E-state index in [-0.39, 0.29) is 35.3 Å². The van der Waals surface area contributed by atoms with Crippen LogP contribution in [0.5, 0.6) is 17.2 Å². The number of unbranched alkanes of at least 4 members (excludes halogenated alkanes) is 4. The van der Waals surface area contributed by atoms with E-state index >= 15 is 0 Å². The summed E-state index contributed by atoms with van der Waals surface area (Å²) in [5, 5.41) is 15.1. The molecule has 3 rings (SSSR count). The third-order valence-electron chi connectivity index (χ3n) is 7.00. The maximum Gasteiger partial charge on any atom is 0.343 e. The number of rotatable bonds is 17. The van der Waals surface area contributed by atoms with Gasteiger partial charge in [0.2, 0.25) is 5.91 Å². The van der Waals surface area contributed by atoms with Crippen LogP contribution in [0.2, 0.25) is 0 Å². The molecule has 0 radical (unpaired) electrons. The van der Waals surface area contributed by atoms with Crippen LogP contribution in [0.1, 0.15) is 79.2 Å². The molecule has 0 aromatic heterocycles. The number of aliphatic carboxylic acids is 1. The highest BCUT2D eigenvalue weighted by atomic mass is 16.6. The molecule has 2 amide bonds. The Labute approximate surface area is 264 Å². The van der Waals surface area contributed by atoms with Gasteiger partial charge in [0.1, 0.15) is 11.8 Å². The molecule has 0 aliphatic rings. The number of hydrogen-bond acceptors (Lipinski definition) is 7. The quantitative estimate of drug-likeness (QED) is 0.0912. The molecular formula is C35H42N2O8. The van der Waals surface area contributed by atoms with E-state index in [2.05, 4.69) is 17.6 Å². The number of anilines is 1. The number of hydrogen-bond donors (Lipinski definition) is 3. The highest BCUT2D eigenvalue weighted by Crippen LogP contribution is 2.30. The first-order valence-corrected chi connectivity index (χ1v) is 15.2. The number of ether oxygens (including phenoxy) is 3. The van der Waals surface area contributed by atoms with Gasteiger partial charge in [0, 0.05) is 23.6 Å². The second-order valence-electron chi connectivity index (χ2n) is 11.0. The molecule has 0 saturated heterocycles. The highest BCUT2D eigenvalue weighted by molar-refractivity contribution is 5.99. The SMILES string of the molecule is CCCCCCCOc1ccc(C(=O)Oc2ccc(CC(NC(=O)c3cccc(NC(=O)C(C)C)c3)C(=O)O)cc2OC)cc1.